The van der Waals surface area contributed by atoms with Crippen LogP contribution in [0.5, 0.6) is 0 Å². The van der Waals surface area contributed by atoms with Gasteiger partial charge < -0.3 is 37.9 Å². The van der Waals surface area contributed by atoms with Gasteiger partial charge in [0.05, 0.1) is 91.6 Å². The lowest BCUT2D eigenvalue weighted by atomic mass is 10.6. The van der Waals surface area contributed by atoms with Crippen molar-refractivity contribution in [2.75, 3.05) is 99.1 Å². The molecule has 0 aromatic rings. The van der Waals surface area contributed by atoms with E-state index in [1.807, 2.05) is 13.8 Å². The van der Waals surface area contributed by atoms with Gasteiger partial charge in [0.25, 0.3) is 0 Å². The molecule has 0 spiro atoms. The summed E-state index contributed by atoms with van der Waals surface area (Å²) in [4.78, 5) is 0. The van der Waals surface area contributed by atoms with Crippen LogP contribution in [0.3, 0.4) is 0 Å². The molecular weight excluding hydrogens is 356 g/mol. The van der Waals surface area contributed by atoms with Gasteiger partial charge in [-0.2, -0.15) is 0 Å². The Hall–Kier alpha value is -0.740. The Labute approximate surface area is 164 Å². The average molecular weight is 395 g/mol. The molecule has 0 aliphatic carbocycles. The van der Waals surface area contributed by atoms with Gasteiger partial charge in [-0.25, -0.2) is 0 Å². The summed E-state index contributed by atoms with van der Waals surface area (Å²) in [7, 11) is 0. The molecule has 0 unspecified atom stereocenters. The Morgan fingerprint density at radius 1 is 0.481 bits per heavy atom. The summed E-state index contributed by atoms with van der Waals surface area (Å²) in [5.74, 6) is 0.696. The lowest BCUT2D eigenvalue weighted by Crippen LogP contribution is -2.14. The molecular formula is C19H38O8. The molecule has 0 saturated carbocycles. The normalized spacial score (nSPS) is 11.0. The largest absolute Gasteiger partial charge is 0.496 e. The maximum absolute atomic E-state index is 5.40. The highest BCUT2D eigenvalue weighted by molar-refractivity contribution is 4.72. The molecule has 0 saturated heterocycles. The van der Waals surface area contributed by atoms with Gasteiger partial charge in [0.1, 0.15) is 6.61 Å². The van der Waals surface area contributed by atoms with Gasteiger partial charge >= 0.3 is 0 Å². The molecule has 0 aliphatic heterocycles. The van der Waals surface area contributed by atoms with E-state index >= 15 is 0 Å². The van der Waals surface area contributed by atoms with Crippen molar-refractivity contribution in [2.24, 2.45) is 0 Å². The summed E-state index contributed by atoms with van der Waals surface area (Å²) in [5.41, 5.74) is 0. The van der Waals surface area contributed by atoms with E-state index in [-0.39, 0.29) is 0 Å². The molecule has 8 nitrogen and oxygen atoms in total. The van der Waals surface area contributed by atoms with Gasteiger partial charge in [0.15, 0.2) is 0 Å². The highest BCUT2D eigenvalue weighted by atomic mass is 16.6. The molecule has 8 heteroatoms. The molecule has 0 bridgehead atoms. The topological polar surface area (TPSA) is 73.8 Å². The van der Waals surface area contributed by atoms with Crippen LogP contribution in [-0.2, 0) is 37.9 Å². The first kappa shape index (κ1) is 26.3. The minimum absolute atomic E-state index is 0.520. The minimum Gasteiger partial charge on any atom is -0.496 e. The quantitative estimate of drug-likeness (QED) is 0.191. The van der Waals surface area contributed by atoms with Gasteiger partial charge in [-0.1, -0.05) is 6.58 Å². The van der Waals surface area contributed by atoms with E-state index < -0.39 is 0 Å². The molecule has 27 heavy (non-hydrogen) atoms. The van der Waals surface area contributed by atoms with Crippen molar-refractivity contribution in [1.29, 1.82) is 0 Å². The zero-order chi connectivity index (χ0) is 19.8. The van der Waals surface area contributed by atoms with Crippen molar-refractivity contribution in [3.8, 4) is 0 Å². The van der Waals surface area contributed by atoms with Crippen LogP contribution in [0.25, 0.3) is 0 Å². The summed E-state index contributed by atoms with van der Waals surface area (Å²) < 4.78 is 42.6. The molecule has 0 N–H and O–H groups in total. The Kier molecular flexibility index (Phi) is 22.7. The van der Waals surface area contributed by atoms with Gasteiger partial charge in [-0.05, 0) is 13.8 Å². The van der Waals surface area contributed by atoms with E-state index in [1.54, 1.807) is 0 Å². The average Bonchev–Trinajstić information content (AvgIpc) is 2.65. The van der Waals surface area contributed by atoms with E-state index in [9.17, 15) is 0 Å². The third kappa shape index (κ3) is 25.3. The van der Waals surface area contributed by atoms with Gasteiger partial charge in [0.2, 0.25) is 0 Å². The SMILES string of the molecule is C=C(C)OCCOCCOCCOCCOCCOCCOCCOCC. The number of ether oxygens (including phenoxy) is 8. The van der Waals surface area contributed by atoms with Crippen LogP contribution in [0.15, 0.2) is 12.3 Å². The molecule has 162 valence electrons. The van der Waals surface area contributed by atoms with Crippen LogP contribution in [0.2, 0.25) is 0 Å². The zero-order valence-corrected chi connectivity index (χ0v) is 17.1. The van der Waals surface area contributed by atoms with Crippen LogP contribution in [0, 0.1) is 0 Å². The van der Waals surface area contributed by atoms with Crippen LogP contribution >= 0.6 is 0 Å². The second kappa shape index (κ2) is 23.3. The Balaban J connectivity index is 2.98. The summed E-state index contributed by atoms with van der Waals surface area (Å²) in [6, 6.07) is 0. The predicted molar refractivity (Wildman–Crippen MR) is 102 cm³/mol. The summed E-state index contributed by atoms with van der Waals surface area (Å²) in [5, 5.41) is 0. The lowest BCUT2D eigenvalue weighted by molar-refractivity contribution is -0.0216. The van der Waals surface area contributed by atoms with Gasteiger partial charge in [-0.15, -0.1) is 0 Å². The van der Waals surface area contributed by atoms with Crippen LogP contribution in [-0.4, -0.2) is 99.1 Å². The van der Waals surface area contributed by atoms with Crippen molar-refractivity contribution in [1.82, 2.24) is 0 Å². The standard InChI is InChI=1S/C19H38O8/c1-4-20-5-6-21-7-8-22-9-10-23-11-12-24-13-14-25-15-16-26-17-18-27-19(2)3/h2,4-18H2,1,3H3. The van der Waals surface area contributed by atoms with E-state index in [0.717, 1.165) is 6.61 Å². The van der Waals surface area contributed by atoms with E-state index in [0.29, 0.717) is 98.3 Å². The van der Waals surface area contributed by atoms with Crippen molar-refractivity contribution < 1.29 is 37.9 Å². The highest BCUT2D eigenvalue weighted by Crippen LogP contribution is 1.89. The molecule has 0 fully saturated rings. The molecule has 0 aromatic carbocycles. The molecule has 0 atom stereocenters. The second-order valence-corrected chi connectivity index (χ2v) is 5.42. The predicted octanol–water partition coefficient (Wildman–Crippen LogP) is 1.67. The van der Waals surface area contributed by atoms with E-state index in [1.165, 1.54) is 0 Å². The van der Waals surface area contributed by atoms with Crippen molar-refractivity contribution >= 4 is 0 Å². The van der Waals surface area contributed by atoms with Crippen molar-refractivity contribution in [3.63, 3.8) is 0 Å². The summed E-state index contributed by atoms with van der Waals surface area (Å²) in [6.45, 7) is 15.9. The van der Waals surface area contributed by atoms with E-state index in [2.05, 4.69) is 6.58 Å². The maximum Gasteiger partial charge on any atom is 0.111 e. The first-order chi connectivity index (χ1) is 13.3. The monoisotopic (exact) mass is 394 g/mol. The maximum atomic E-state index is 5.40. The zero-order valence-electron chi connectivity index (χ0n) is 17.1. The first-order valence-electron chi connectivity index (χ1n) is 9.59. The Bertz CT molecular complexity index is 301. The fourth-order valence-electron chi connectivity index (χ4n) is 1.74. The fourth-order valence-corrected chi connectivity index (χ4v) is 1.74. The smallest absolute Gasteiger partial charge is 0.111 e. The molecule has 0 aromatic heterocycles. The molecule has 0 aliphatic rings. The second-order valence-electron chi connectivity index (χ2n) is 5.42. The van der Waals surface area contributed by atoms with Crippen LogP contribution < -0.4 is 0 Å². The third-order valence-electron chi connectivity index (χ3n) is 3.01. The lowest BCUT2D eigenvalue weighted by Gasteiger charge is -2.08. The fraction of sp³-hybridized carbons (Fsp3) is 0.895. The van der Waals surface area contributed by atoms with Gasteiger partial charge in [-0.3, -0.25) is 0 Å². The molecule has 0 amide bonds. The molecule has 0 rings (SSSR count). The summed E-state index contributed by atoms with van der Waals surface area (Å²) >= 11 is 0. The van der Waals surface area contributed by atoms with Gasteiger partial charge in [0, 0.05) is 6.61 Å². The molecule has 0 heterocycles. The van der Waals surface area contributed by atoms with Crippen LogP contribution in [0.4, 0.5) is 0 Å². The first-order valence-corrected chi connectivity index (χ1v) is 9.59. The highest BCUT2D eigenvalue weighted by Gasteiger charge is 1.94. The number of allylic oxidation sites excluding steroid dienone is 1. The number of rotatable bonds is 23. The van der Waals surface area contributed by atoms with Crippen LogP contribution in [0.1, 0.15) is 13.8 Å². The van der Waals surface area contributed by atoms with Crippen molar-refractivity contribution in [2.45, 2.75) is 13.8 Å². The number of hydrogen-bond acceptors (Lipinski definition) is 8. The number of hydrogen-bond donors (Lipinski definition) is 0. The Morgan fingerprint density at radius 2 is 0.741 bits per heavy atom. The molecule has 0 radical (unpaired) electrons. The van der Waals surface area contributed by atoms with Crippen molar-refractivity contribution in [3.05, 3.63) is 12.3 Å². The van der Waals surface area contributed by atoms with E-state index in [4.69, 9.17) is 37.9 Å². The summed E-state index contributed by atoms with van der Waals surface area (Å²) in [6.07, 6.45) is 0. The minimum atomic E-state index is 0.520. The third-order valence-corrected chi connectivity index (χ3v) is 3.01. The Morgan fingerprint density at radius 3 is 1.00 bits per heavy atom.